The van der Waals surface area contributed by atoms with Crippen LogP contribution in [0.5, 0.6) is 5.75 Å². The summed E-state index contributed by atoms with van der Waals surface area (Å²) < 4.78 is 5.62. The Hall–Kier alpha value is -3.41. The Morgan fingerprint density at radius 3 is 2.68 bits per heavy atom. The van der Waals surface area contributed by atoms with Crippen LogP contribution in [0.1, 0.15) is 29.9 Å². The van der Waals surface area contributed by atoms with Crippen LogP contribution in [0.25, 0.3) is 0 Å². The minimum atomic E-state index is -0.270. The van der Waals surface area contributed by atoms with Crippen molar-refractivity contribution in [3.05, 3.63) is 72.1 Å². The van der Waals surface area contributed by atoms with Gasteiger partial charge in [0.1, 0.15) is 11.4 Å². The Kier molecular flexibility index (Phi) is 4.93. The zero-order chi connectivity index (χ0) is 19.5. The van der Waals surface area contributed by atoms with Gasteiger partial charge in [0.05, 0.1) is 6.10 Å². The van der Waals surface area contributed by atoms with Crippen molar-refractivity contribution in [2.45, 2.75) is 26.4 Å². The van der Waals surface area contributed by atoms with Crippen molar-refractivity contribution in [1.82, 2.24) is 9.97 Å². The second kappa shape index (κ2) is 7.68. The number of anilines is 3. The van der Waals surface area contributed by atoms with Gasteiger partial charge in [-0.05, 0) is 62.2 Å². The molecule has 1 N–H and O–H groups in total. The molecule has 3 aromatic rings. The van der Waals surface area contributed by atoms with Crippen molar-refractivity contribution < 1.29 is 9.53 Å². The lowest BCUT2D eigenvalue weighted by Crippen LogP contribution is -2.20. The average molecular weight is 374 g/mol. The lowest BCUT2D eigenvalue weighted by atomic mass is 10.2. The molecule has 0 radical (unpaired) electrons. The fourth-order valence-corrected chi connectivity index (χ4v) is 3.24. The minimum Gasteiger partial charge on any atom is -0.491 e. The highest BCUT2D eigenvalue weighted by atomic mass is 16.5. The summed E-state index contributed by atoms with van der Waals surface area (Å²) in [5.41, 5.74) is 3.38. The maximum atomic E-state index is 12.6. The number of carbonyl (C=O) groups is 1. The summed E-state index contributed by atoms with van der Waals surface area (Å²) in [5, 5.41) is 2.87. The van der Waals surface area contributed by atoms with Crippen LogP contribution in [0.15, 0.2) is 60.8 Å². The van der Waals surface area contributed by atoms with Gasteiger partial charge in [-0.25, -0.2) is 9.97 Å². The molecule has 142 valence electrons. The van der Waals surface area contributed by atoms with E-state index in [1.807, 2.05) is 55.1 Å². The number of amides is 1. The van der Waals surface area contributed by atoms with Gasteiger partial charge in [-0.1, -0.05) is 18.2 Å². The van der Waals surface area contributed by atoms with E-state index in [1.54, 1.807) is 12.3 Å². The minimum absolute atomic E-state index is 0.107. The molecule has 1 aliphatic heterocycles. The summed E-state index contributed by atoms with van der Waals surface area (Å²) >= 11 is 0. The van der Waals surface area contributed by atoms with Crippen LogP contribution >= 0.6 is 0 Å². The van der Waals surface area contributed by atoms with Crippen molar-refractivity contribution in [2.24, 2.45) is 0 Å². The van der Waals surface area contributed by atoms with Crippen molar-refractivity contribution in [3.63, 3.8) is 0 Å². The first kappa shape index (κ1) is 18.0. The van der Waals surface area contributed by atoms with Crippen LogP contribution in [-0.2, 0) is 6.42 Å². The van der Waals surface area contributed by atoms with Crippen molar-refractivity contribution in [3.8, 4) is 5.75 Å². The zero-order valence-electron chi connectivity index (χ0n) is 15.9. The number of aromatic nitrogens is 2. The highest BCUT2D eigenvalue weighted by molar-refractivity contribution is 6.03. The van der Waals surface area contributed by atoms with Gasteiger partial charge in [0, 0.05) is 24.1 Å². The number of para-hydroxylation sites is 1. The topological polar surface area (TPSA) is 67.3 Å². The van der Waals surface area contributed by atoms with Crippen molar-refractivity contribution in [2.75, 3.05) is 16.8 Å². The number of hydrogen-bond acceptors (Lipinski definition) is 5. The summed E-state index contributed by atoms with van der Waals surface area (Å²) in [6.07, 6.45) is 2.68. The molecular formula is C22H22N4O2. The fraction of sp³-hybridized carbons (Fsp3) is 0.227. The molecule has 0 atom stereocenters. The van der Waals surface area contributed by atoms with E-state index in [4.69, 9.17) is 4.74 Å². The van der Waals surface area contributed by atoms with Crippen LogP contribution in [0.2, 0.25) is 0 Å². The number of nitrogens with one attached hydrogen (secondary N) is 1. The van der Waals surface area contributed by atoms with Crippen LogP contribution in [0, 0.1) is 0 Å². The summed E-state index contributed by atoms with van der Waals surface area (Å²) in [7, 11) is 0. The average Bonchev–Trinajstić information content (AvgIpc) is 3.13. The molecule has 2 heterocycles. The second-order valence-electron chi connectivity index (χ2n) is 6.92. The Bertz CT molecular complexity index is 986. The van der Waals surface area contributed by atoms with Crippen molar-refractivity contribution >= 4 is 23.2 Å². The highest BCUT2D eigenvalue weighted by Crippen LogP contribution is 2.32. The zero-order valence-corrected chi connectivity index (χ0v) is 15.9. The van der Waals surface area contributed by atoms with E-state index < -0.39 is 0 Å². The normalized spacial score (nSPS) is 12.8. The van der Waals surface area contributed by atoms with E-state index in [2.05, 4.69) is 27.4 Å². The van der Waals surface area contributed by atoms with Crippen LogP contribution < -0.4 is 15.0 Å². The summed E-state index contributed by atoms with van der Waals surface area (Å²) in [4.78, 5) is 23.5. The first-order chi connectivity index (χ1) is 13.6. The first-order valence-corrected chi connectivity index (χ1v) is 9.37. The highest BCUT2D eigenvalue weighted by Gasteiger charge is 2.22. The smallest absolute Gasteiger partial charge is 0.274 e. The van der Waals surface area contributed by atoms with Gasteiger partial charge in [-0.2, -0.15) is 0 Å². The molecule has 2 aromatic carbocycles. The summed E-state index contributed by atoms with van der Waals surface area (Å²) in [6, 6.07) is 17.1. The molecule has 0 fully saturated rings. The monoisotopic (exact) mass is 374 g/mol. The Labute approximate surface area is 164 Å². The SMILES string of the molecule is CC(C)Oc1ccc(NC(=O)c2ccnc(N3CCc4ccccc43)n2)cc1. The van der Waals surface area contributed by atoms with Gasteiger partial charge in [0.25, 0.3) is 5.91 Å². The van der Waals surface area contributed by atoms with E-state index in [9.17, 15) is 4.79 Å². The van der Waals surface area contributed by atoms with Crippen LogP contribution in [0.3, 0.4) is 0 Å². The van der Waals surface area contributed by atoms with Gasteiger partial charge in [0.2, 0.25) is 5.95 Å². The number of benzene rings is 2. The van der Waals surface area contributed by atoms with E-state index >= 15 is 0 Å². The number of fused-ring (bicyclic) bond motifs is 1. The lowest BCUT2D eigenvalue weighted by Gasteiger charge is -2.17. The lowest BCUT2D eigenvalue weighted by molar-refractivity contribution is 0.102. The molecule has 4 rings (SSSR count). The predicted octanol–water partition coefficient (Wildman–Crippen LogP) is 4.21. The number of ether oxygens (including phenoxy) is 1. The quantitative estimate of drug-likeness (QED) is 0.725. The number of nitrogens with zero attached hydrogens (tertiary/aromatic N) is 3. The van der Waals surface area contributed by atoms with Gasteiger partial charge >= 0.3 is 0 Å². The van der Waals surface area contributed by atoms with E-state index in [-0.39, 0.29) is 12.0 Å². The molecular weight excluding hydrogens is 352 g/mol. The molecule has 0 spiro atoms. The molecule has 28 heavy (non-hydrogen) atoms. The fourth-order valence-electron chi connectivity index (χ4n) is 3.24. The standard InChI is InChI=1S/C22H22N4O2/c1-15(2)28-18-9-7-17(8-10-18)24-21(27)19-11-13-23-22(25-19)26-14-12-16-5-3-4-6-20(16)26/h3-11,13,15H,12,14H2,1-2H3,(H,24,27). The van der Waals surface area contributed by atoms with E-state index in [0.29, 0.717) is 17.3 Å². The summed E-state index contributed by atoms with van der Waals surface area (Å²) in [6.45, 7) is 4.75. The molecule has 1 amide bonds. The molecule has 6 heteroatoms. The van der Waals surface area contributed by atoms with Crippen LogP contribution in [-0.4, -0.2) is 28.5 Å². The maximum Gasteiger partial charge on any atom is 0.274 e. The molecule has 0 saturated heterocycles. The largest absolute Gasteiger partial charge is 0.491 e. The molecule has 0 saturated carbocycles. The number of rotatable bonds is 5. The van der Waals surface area contributed by atoms with Gasteiger partial charge < -0.3 is 15.0 Å². The summed E-state index contributed by atoms with van der Waals surface area (Å²) in [5.74, 6) is 1.04. The Morgan fingerprint density at radius 2 is 1.89 bits per heavy atom. The second-order valence-corrected chi connectivity index (χ2v) is 6.92. The molecule has 0 unspecified atom stereocenters. The molecule has 1 aromatic heterocycles. The molecule has 1 aliphatic rings. The third-order valence-corrected chi connectivity index (χ3v) is 4.49. The Balaban J connectivity index is 1.49. The van der Waals surface area contributed by atoms with Gasteiger partial charge in [-0.3, -0.25) is 4.79 Å². The van der Waals surface area contributed by atoms with Gasteiger partial charge in [-0.15, -0.1) is 0 Å². The number of hydrogen-bond donors (Lipinski definition) is 1. The first-order valence-electron chi connectivity index (χ1n) is 9.37. The van der Waals surface area contributed by atoms with E-state index in [0.717, 1.165) is 24.4 Å². The molecule has 0 bridgehead atoms. The third-order valence-electron chi connectivity index (χ3n) is 4.49. The Morgan fingerprint density at radius 1 is 1.11 bits per heavy atom. The van der Waals surface area contributed by atoms with E-state index in [1.165, 1.54) is 5.56 Å². The predicted molar refractivity (Wildman–Crippen MR) is 109 cm³/mol. The molecule has 6 nitrogen and oxygen atoms in total. The molecule has 0 aliphatic carbocycles. The van der Waals surface area contributed by atoms with Crippen LogP contribution in [0.4, 0.5) is 17.3 Å². The van der Waals surface area contributed by atoms with Gasteiger partial charge in [0.15, 0.2) is 0 Å². The number of carbonyl (C=O) groups excluding carboxylic acids is 1. The maximum absolute atomic E-state index is 12.6. The third kappa shape index (κ3) is 3.81. The van der Waals surface area contributed by atoms with Crippen molar-refractivity contribution in [1.29, 1.82) is 0 Å².